The maximum absolute atomic E-state index is 13.3. The highest BCUT2D eigenvalue weighted by molar-refractivity contribution is 6.14. The van der Waals surface area contributed by atoms with Gasteiger partial charge in [-0.25, -0.2) is 4.39 Å². The molecule has 0 fully saturated rings. The van der Waals surface area contributed by atoms with Crippen LogP contribution in [-0.4, -0.2) is 17.9 Å². The van der Waals surface area contributed by atoms with Crippen molar-refractivity contribution in [3.63, 3.8) is 0 Å². The Kier molecular flexibility index (Phi) is 3.22. The van der Waals surface area contributed by atoms with Gasteiger partial charge in [0.15, 0.2) is 0 Å². The molecule has 1 N–H and O–H groups in total. The van der Waals surface area contributed by atoms with E-state index < -0.39 is 0 Å². The van der Waals surface area contributed by atoms with Gasteiger partial charge in [0, 0.05) is 29.3 Å². The summed E-state index contributed by atoms with van der Waals surface area (Å²) in [5.74, 6) is -0.435. The molecule has 0 radical (unpaired) electrons. The lowest BCUT2D eigenvalue weighted by Gasteiger charge is -2.17. The fourth-order valence-corrected chi connectivity index (χ4v) is 2.52. The number of hydrogen-bond donors (Lipinski definition) is 1. The zero-order valence-electron chi connectivity index (χ0n) is 11.9. The van der Waals surface area contributed by atoms with Crippen molar-refractivity contribution in [1.29, 1.82) is 0 Å². The van der Waals surface area contributed by atoms with Crippen LogP contribution in [0.25, 0.3) is 10.9 Å². The number of rotatable bonds is 2. The second-order valence-electron chi connectivity index (χ2n) is 5.01. The first-order valence-electron chi connectivity index (χ1n) is 6.69. The number of para-hydroxylation sites is 1. The van der Waals surface area contributed by atoms with Crippen molar-refractivity contribution in [1.82, 2.24) is 4.98 Å². The Morgan fingerprint density at radius 3 is 2.57 bits per heavy atom. The SMILES string of the molecule is Cc1[nH]c2cc(F)ccc2c1C(=O)N(C)c1ccccc1. The molecule has 4 heteroatoms. The van der Waals surface area contributed by atoms with Crippen LogP contribution >= 0.6 is 0 Å². The van der Waals surface area contributed by atoms with Crippen molar-refractivity contribution in [3.05, 3.63) is 65.6 Å². The molecule has 0 unspecified atom stereocenters. The first-order valence-corrected chi connectivity index (χ1v) is 6.69. The van der Waals surface area contributed by atoms with Crippen LogP contribution in [0, 0.1) is 12.7 Å². The Hall–Kier alpha value is -2.62. The van der Waals surface area contributed by atoms with Gasteiger partial charge in [0.2, 0.25) is 0 Å². The third-order valence-electron chi connectivity index (χ3n) is 3.61. The van der Waals surface area contributed by atoms with Crippen LogP contribution in [0.15, 0.2) is 48.5 Å². The minimum Gasteiger partial charge on any atom is -0.358 e. The fraction of sp³-hybridized carbons (Fsp3) is 0.118. The Balaban J connectivity index is 2.08. The standard InChI is InChI=1S/C17H15FN2O/c1-11-16(14-9-8-12(18)10-15(14)19-11)17(21)20(2)13-6-4-3-5-7-13/h3-10,19H,1-2H3. The smallest absolute Gasteiger partial charge is 0.260 e. The molecule has 3 nitrogen and oxygen atoms in total. The van der Waals surface area contributed by atoms with E-state index in [1.165, 1.54) is 12.1 Å². The van der Waals surface area contributed by atoms with E-state index in [4.69, 9.17) is 0 Å². The molecule has 0 aliphatic heterocycles. The van der Waals surface area contributed by atoms with Crippen molar-refractivity contribution in [3.8, 4) is 0 Å². The molecule has 0 aliphatic rings. The summed E-state index contributed by atoms with van der Waals surface area (Å²) >= 11 is 0. The average molecular weight is 282 g/mol. The maximum atomic E-state index is 13.3. The lowest BCUT2D eigenvalue weighted by molar-refractivity contribution is 0.0994. The first-order chi connectivity index (χ1) is 10.1. The molecule has 1 heterocycles. The number of benzene rings is 2. The topological polar surface area (TPSA) is 36.1 Å². The average Bonchev–Trinajstić information content (AvgIpc) is 2.81. The van der Waals surface area contributed by atoms with Gasteiger partial charge in [0.25, 0.3) is 5.91 Å². The molecular formula is C17H15FN2O. The molecule has 0 spiro atoms. The van der Waals surface area contributed by atoms with Crippen molar-refractivity contribution < 1.29 is 9.18 Å². The van der Waals surface area contributed by atoms with Crippen LogP contribution in [0.2, 0.25) is 0 Å². The van der Waals surface area contributed by atoms with Crippen LogP contribution in [-0.2, 0) is 0 Å². The lowest BCUT2D eigenvalue weighted by Crippen LogP contribution is -2.26. The van der Waals surface area contributed by atoms with Crippen LogP contribution in [0.3, 0.4) is 0 Å². The quantitative estimate of drug-likeness (QED) is 0.760. The van der Waals surface area contributed by atoms with Gasteiger partial charge in [-0.15, -0.1) is 0 Å². The van der Waals surface area contributed by atoms with Gasteiger partial charge in [0.05, 0.1) is 5.56 Å². The van der Waals surface area contributed by atoms with Crippen molar-refractivity contribution in [2.24, 2.45) is 0 Å². The summed E-state index contributed by atoms with van der Waals surface area (Å²) in [5.41, 5.74) is 2.77. The highest BCUT2D eigenvalue weighted by atomic mass is 19.1. The van der Waals surface area contributed by atoms with Gasteiger partial charge in [0.1, 0.15) is 5.82 Å². The van der Waals surface area contributed by atoms with E-state index >= 15 is 0 Å². The number of carbonyl (C=O) groups is 1. The Labute approximate surface area is 122 Å². The molecule has 2 aromatic carbocycles. The van der Waals surface area contributed by atoms with Crippen LogP contribution in [0.5, 0.6) is 0 Å². The van der Waals surface area contributed by atoms with E-state index in [1.54, 1.807) is 18.0 Å². The molecule has 0 atom stereocenters. The van der Waals surface area contributed by atoms with Crippen LogP contribution in [0.4, 0.5) is 10.1 Å². The number of H-pyrrole nitrogens is 1. The van der Waals surface area contributed by atoms with Gasteiger partial charge in [-0.05, 0) is 37.3 Å². The molecule has 3 aromatic rings. The number of aryl methyl sites for hydroxylation is 1. The Morgan fingerprint density at radius 2 is 1.86 bits per heavy atom. The molecule has 106 valence electrons. The number of anilines is 1. The predicted octanol–water partition coefficient (Wildman–Crippen LogP) is 3.89. The fourth-order valence-electron chi connectivity index (χ4n) is 2.52. The largest absolute Gasteiger partial charge is 0.358 e. The van der Waals surface area contributed by atoms with E-state index in [9.17, 15) is 9.18 Å². The third kappa shape index (κ3) is 2.29. The molecule has 21 heavy (non-hydrogen) atoms. The first kappa shape index (κ1) is 13.4. The summed E-state index contributed by atoms with van der Waals surface area (Å²) in [7, 11) is 1.74. The molecule has 0 bridgehead atoms. The summed E-state index contributed by atoms with van der Waals surface area (Å²) in [6.45, 7) is 1.82. The number of aromatic nitrogens is 1. The van der Waals surface area contributed by atoms with E-state index in [0.29, 0.717) is 11.1 Å². The summed E-state index contributed by atoms with van der Waals surface area (Å²) in [5, 5.41) is 0.738. The van der Waals surface area contributed by atoms with Crippen LogP contribution in [0.1, 0.15) is 16.1 Å². The van der Waals surface area contributed by atoms with E-state index in [2.05, 4.69) is 4.98 Å². The number of amides is 1. The van der Waals surface area contributed by atoms with Gasteiger partial charge >= 0.3 is 0 Å². The second kappa shape index (κ2) is 5.05. The van der Waals surface area contributed by atoms with Crippen molar-refractivity contribution in [2.45, 2.75) is 6.92 Å². The van der Waals surface area contributed by atoms with Crippen LogP contribution < -0.4 is 4.90 Å². The normalized spacial score (nSPS) is 10.8. The number of fused-ring (bicyclic) bond motifs is 1. The minimum absolute atomic E-state index is 0.114. The summed E-state index contributed by atoms with van der Waals surface area (Å²) < 4.78 is 13.3. The Bertz CT molecular complexity index is 808. The molecule has 0 saturated heterocycles. The van der Waals surface area contributed by atoms with Gasteiger partial charge in [-0.1, -0.05) is 18.2 Å². The predicted molar refractivity (Wildman–Crippen MR) is 82.2 cm³/mol. The van der Waals surface area contributed by atoms with Crippen molar-refractivity contribution >= 4 is 22.5 Å². The number of nitrogens with zero attached hydrogens (tertiary/aromatic N) is 1. The maximum Gasteiger partial charge on any atom is 0.260 e. The molecule has 0 aliphatic carbocycles. The van der Waals surface area contributed by atoms with E-state index in [-0.39, 0.29) is 11.7 Å². The van der Waals surface area contributed by atoms with Gasteiger partial charge in [-0.3, -0.25) is 4.79 Å². The minimum atomic E-state index is -0.320. The van der Waals surface area contributed by atoms with E-state index in [0.717, 1.165) is 16.8 Å². The Morgan fingerprint density at radius 1 is 1.14 bits per heavy atom. The molecule has 1 amide bonds. The lowest BCUT2D eigenvalue weighted by atomic mass is 10.1. The number of halogens is 1. The second-order valence-corrected chi connectivity index (χ2v) is 5.01. The summed E-state index contributed by atoms with van der Waals surface area (Å²) in [6, 6.07) is 13.8. The third-order valence-corrected chi connectivity index (χ3v) is 3.61. The highest BCUT2D eigenvalue weighted by Gasteiger charge is 2.20. The van der Waals surface area contributed by atoms with Gasteiger partial charge < -0.3 is 9.88 Å². The summed E-state index contributed by atoms with van der Waals surface area (Å²) in [6.07, 6.45) is 0. The number of carbonyl (C=O) groups excluding carboxylic acids is 1. The molecular weight excluding hydrogens is 267 g/mol. The van der Waals surface area contributed by atoms with Gasteiger partial charge in [-0.2, -0.15) is 0 Å². The zero-order valence-corrected chi connectivity index (χ0v) is 11.9. The molecule has 0 saturated carbocycles. The number of aromatic amines is 1. The van der Waals surface area contributed by atoms with Crippen molar-refractivity contribution in [2.75, 3.05) is 11.9 Å². The highest BCUT2D eigenvalue weighted by Crippen LogP contribution is 2.25. The zero-order chi connectivity index (χ0) is 15.0. The van der Waals surface area contributed by atoms with E-state index in [1.807, 2.05) is 37.3 Å². The monoisotopic (exact) mass is 282 g/mol. The number of hydrogen-bond acceptors (Lipinski definition) is 1. The molecule has 3 rings (SSSR count). The molecule has 1 aromatic heterocycles. The summed E-state index contributed by atoms with van der Waals surface area (Å²) in [4.78, 5) is 17.4. The number of nitrogens with one attached hydrogen (secondary N) is 1.